The number of carboxylic acids is 1. The number of aromatic nitrogens is 1. The summed E-state index contributed by atoms with van der Waals surface area (Å²) in [4.78, 5) is 13.9. The molecule has 24 heavy (non-hydrogen) atoms. The lowest BCUT2D eigenvalue weighted by Crippen LogP contribution is -2.49. The van der Waals surface area contributed by atoms with Crippen molar-refractivity contribution in [3.63, 3.8) is 0 Å². The van der Waals surface area contributed by atoms with Crippen LogP contribution in [0.1, 0.15) is 23.2 Å². The number of hydrogen-bond acceptors (Lipinski definition) is 5. The Morgan fingerprint density at radius 1 is 1.25 bits per heavy atom. The van der Waals surface area contributed by atoms with Crippen molar-refractivity contribution < 1.29 is 14.4 Å². The van der Waals surface area contributed by atoms with Gasteiger partial charge in [-0.1, -0.05) is 16.8 Å². The van der Waals surface area contributed by atoms with E-state index in [9.17, 15) is 9.90 Å². The highest BCUT2D eigenvalue weighted by atomic mass is 35.5. The van der Waals surface area contributed by atoms with E-state index in [1.165, 1.54) is 0 Å². The first-order valence-corrected chi connectivity index (χ1v) is 8.42. The topological polar surface area (TPSA) is 92.6 Å². The van der Waals surface area contributed by atoms with Gasteiger partial charge in [0.25, 0.3) is 0 Å². The van der Waals surface area contributed by atoms with Crippen molar-refractivity contribution in [1.29, 1.82) is 0 Å². The van der Waals surface area contributed by atoms with Crippen LogP contribution in [0, 0.1) is 11.8 Å². The first-order valence-electron chi connectivity index (χ1n) is 8.04. The van der Waals surface area contributed by atoms with Gasteiger partial charge in [0.15, 0.2) is 17.1 Å². The van der Waals surface area contributed by atoms with E-state index in [4.69, 9.17) is 21.9 Å². The fourth-order valence-corrected chi connectivity index (χ4v) is 4.05. The number of hydrogen-bond donors (Lipinski definition) is 2. The van der Waals surface area contributed by atoms with Crippen molar-refractivity contribution in [2.24, 2.45) is 17.6 Å². The molecule has 1 aliphatic carbocycles. The minimum absolute atomic E-state index is 0.104. The van der Waals surface area contributed by atoms with E-state index < -0.39 is 5.97 Å². The number of rotatable bonds is 3. The first-order chi connectivity index (χ1) is 11.5. The number of nitrogens with zero attached hydrogens (tertiary/aromatic N) is 2. The van der Waals surface area contributed by atoms with Crippen molar-refractivity contribution in [3.8, 4) is 11.3 Å². The second-order valence-electron chi connectivity index (χ2n) is 6.60. The molecular formula is C17H18ClN3O3. The molecule has 2 aromatic rings. The van der Waals surface area contributed by atoms with Crippen LogP contribution in [-0.2, 0) is 0 Å². The van der Waals surface area contributed by atoms with E-state index >= 15 is 0 Å². The van der Waals surface area contributed by atoms with Crippen LogP contribution in [0.15, 0.2) is 28.8 Å². The fourth-order valence-electron chi connectivity index (χ4n) is 3.93. The molecule has 3 N–H and O–H groups in total. The molecule has 6 nitrogen and oxygen atoms in total. The molecule has 7 heteroatoms. The third-order valence-corrected chi connectivity index (χ3v) is 5.45. The largest absolute Gasteiger partial charge is 0.477 e. The molecule has 1 saturated carbocycles. The van der Waals surface area contributed by atoms with Crippen LogP contribution in [0.25, 0.3) is 11.3 Å². The Balaban J connectivity index is 1.72. The standard InChI is InChI=1S/C17H18ClN3O3/c18-12-5-3-9(4-6-12)15-13(17(22)23)16(20-24-15)21-7-10-1-2-11(8-21)14(10)19/h3-6,10-11,14H,1-2,7-8,19H2,(H,22,23)/t10-,11+,14?. The zero-order valence-corrected chi connectivity index (χ0v) is 13.7. The predicted octanol–water partition coefficient (Wildman–Crippen LogP) is 2.87. The number of carbonyl (C=O) groups is 1. The number of piperidine rings is 1. The third-order valence-electron chi connectivity index (χ3n) is 5.20. The van der Waals surface area contributed by atoms with Gasteiger partial charge < -0.3 is 20.3 Å². The average molecular weight is 348 g/mol. The summed E-state index contributed by atoms with van der Waals surface area (Å²) in [5.74, 6) is 0.396. The fraction of sp³-hybridized carbons (Fsp3) is 0.412. The highest BCUT2D eigenvalue weighted by Crippen LogP contribution is 2.40. The average Bonchev–Trinajstić information content (AvgIpc) is 3.06. The van der Waals surface area contributed by atoms with Gasteiger partial charge in [-0.15, -0.1) is 0 Å². The van der Waals surface area contributed by atoms with Gasteiger partial charge in [-0.2, -0.15) is 0 Å². The van der Waals surface area contributed by atoms with Crippen molar-refractivity contribution in [1.82, 2.24) is 5.16 Å². The molecule has 1 saturated heterocycles. The number of benzene rings is 1. The normalized spacial score (nSPS) is 25.9. The number of aromatic carboxylic acids is 1. The number of carboxylic acid groups (broad SMARTS) is 1. The van der Waals surface area contributed by atoms with Crippen molar-refractivity contribution >= 4 is 23.4 Å². The van der Waals surface area contributed by atoms with Gasteiger partial charge in [0, 0.05) is 29.7 Å². The molecule has 0 amide bonds. The van der Waals surface area contributed by atoms with Crippen molar-refractivity contribution in [2.75, 3.05) is 18.0 Å². The van der Waals surface area contributed by atoms with Crippen LogP contribution >= 0.6 is 11.6 Å². The highest BCUT2D eigenvalue weighted by molar-refractivity contribution is 6.30. The Hall–Kier alpha value is -2.05. The minimum atomic E-state index is -1.04. The molecule has 0 spiro atoms. The minimum Gasteiger partial charge on any atom is -0.477 e. The van der Waals surface area contributed by atoms with Crippen LogP contribution in [-0.4, -0.2) is 35.4 Å². The van der Waals surface area contributed by atoms with Crippen LogP contribution < -0.4 is 10.6 Å². The molecule has 0 radical (unpaired) electrons. The second kappa shape index (κ2) is 5.79. The summed E-state index contributed by atoms with van der Waals surface area (Å²) in [7, 11) is 0. The van der Waals surface area contributed by atoms with Gasteiger partial charge in [-0.05, 0) is 48.9 Å². The molecule has 4 rings (SSSR count). The summed E-state index contributed by atoms with van der Waals surface area (Å²) in [5, 5.41) is 14.4. The van der Waals surface area contributed by atoms with Gasteiger partial charge in [0.2, 0.25) is 0 Å². The maximum atomic E-state index is 11.9. The van der Waals surface area contributed by atoms with Gasteiger partial charge >= 0.3 is 5.97 Å². The van der Waals surface area contributed by atoms with Crippen LogP contribution in [0.2, 0.25) is 5.02 Å². The highest BCUT2D eigenvalue weighted by Gasteiger charge is 2.42. The molecule has 1 aromatic carbocycles. The summed E-state index contributed by atoms with van der Waals surface area (Å²) >= 11 is 5.90. The summed E-state index contributed by atoms with van der Waals surface area (Å²) in [5.41, 5.74) is 6.98. The summed E-state index contributed by atoms with van der Waals surface area (Å²) < 4.78 is 5.41. The first kappa shape index (κ1) is 15.5. The Kier molecular flexibility index (Phi) is 3.73. The maximum absolute atomic E-state index is 11.9. The molecule has 2 bridgehead atoms. The lowest BCUT2D eigenvalue weighted by molar-refractivity contribution is 0.0697. The summed E-state index contributed by atoms with van der Waals surface area (Å²) in [6, 6.07) is 7.07. The molecule has 1 aliphatic heterocycles. The molecular weight excluding hydrogens is 330 g/mol. The van der Waals surface area contributed by atoms with Crippen LogP contribution in [0.4, 0.5) is 5.82 Å². The smallest absolute Gasteiger partial charge is 0.343 e. The van der Waals surface area contributed by atoms with Crippen molar-refractivity contribution in [3.05, 3.63) is 34.9 Å². The Labute approximate surface area is 144 Å². The number of fused-ring (bicyclic) bond motifs is 2. The monoisotopic (exact) mass is 347 g/mol. The van der Waals surface area contributed by atoms with E-state index in [0.29, 0.717) is 28.2 Å². The molecule has 2 fully saturated rings. The van der Waals surface area contributed by atoms with E-state index in [2.05, 4.69) is 5.16 Å². The van der Waals surface area contributed by atoms with Gasteiger partial charge in [-0.25, -0.2) is 4.79 Å². The number of anilines is 1. The SMILES string of the molecule is NC1[C@@H]2CC[C@H]1CN(c1noc(-c3ccc(Cl)cc3)c1C(=O)O)C2. The number of nitrogens with two attached hydrogens (primary N) is 1. The lowest BCUT2D eigenvalue weighted by atomic mass is 9.93. The van der Waals surface area contributed by atoms with E-state index in [0.717, 1.165) is 25.9 Å². The maximum Gasteiger partial charge on any atom is 0.343 e. The van der Waals surface area contributed by atoms with Gasteiger partial charge in [-0.3, -0.25) is 0 Å². The van der Waals surface area contributed by atoms with E-state index in [-0.39, 0.29) is 17.4 Å². The lowest BCUT2D eigenvalue weighted by Gasteiger charge is -2.36. The van der Waals surface area contributed by atoms with Gasteiger partial charge in [0.1, 0.15) is 0 Å². The zero-order valence-electron chi connectivity index (χ0n) is 13.0. The van der Waals surface area contributed by atoms with Crippen molar-refractivity contribution in [2.45, 2.75) is 18.9 Å². The van der Waals surface area contributed by atoms with Crippen LogP contribution in [0.3, 0.4) is 0 Å². The molecule has 1 aromatic heterocycles. The Morgan fingerprint density at radius 2 is 1.88 bits per heavy atom. The quantitative estimate of drug-likeness (QED) is 0.886. The molecule has 126 valence electrons. The Bertz CT molecular complexity index is 760. The van der Waals surface area contributed by atoms with E-state index in [1.54, 1.807) is 24.3 Å². The van der Waals surface area contributed by atoms with Gasteiger partial charge in [0.05, 0.1) is 0 Å². The number of halogens is 1. The summed E-state index contributed by atoms with van der Waals surface area (Å²) in [6.07, 6.45) is 2.18. The zero-order chi connectivity index (χ0) is 16.8. The molecule has 2 aliphatic rings. The molecule has 1 unspecified atom stereocenters. The molecule has 3 atom stereocenters. The molecule has 2 heterocycles. The third kappa shape index (κ3) is 2.46. The van der Waals surface area contributed by atoms with Crippen LogP contribution in [0.5, 0.6) is 0 Å². The summed E-state index contributed by atoms with van der Waals surface area (Å²) in [6.45, 7) is 1.45. The predicted molar refractivity (Wildman–Crippen MR) is 90.3 cm³/mol. The van der Waals surface area contributed by atoms with E-state index in [1.807, 2.05) is 4.90 Å². The second-order valence-corrected chi connectivity index (χ2v) is 7.04. The Morgan fingerprint density at radius 3 is 2.46 bits per heavy atom.